The van der Waals surface area contributed by atoms with Crippen LogP contribution in [0.2, 0.25) is 0 Å². The summed E-state index contributed by atoms with van der Waals surface area (Å²) in [6.45, 7) is 4.14. The number of morpholine rings is 1. The second kappa shape index (κ2) is 12.8. The third kappa shape index (κ3) is 6.69. The number of likely N-dealkylation sites (tertiary alicyclic amines) is 1. The summed E-state index contributed by atoms with van der Waals surface area (Å²) in [7, 11) is -0.276. The normalized spacial score (nSPS) is 18.3. The topological polar surface area (TPSA) is 97.4 Å². The number of benzene rings is 2. The van der Waals surface area contributed by atoms with Gasteiger partial charge in [0.2, 0.25) is 10.0 Å². The van der Waals surface area contributed by atoms with Crippen LogP contribution in [0.4, 0.5) is 0 Å². The fraction of sp³-hybridized carbons (Fsp3) is 0.519. The molecule has 0 aliphatic carbocycles. The molecule has 0 amide bonds. The quantitative estimate of drug-likeness (QED) is 0.442. The van der Waals surface area contributed by atoms with E-state index in [1.54, 1.807) is 26.4 Å². The molecule has 2 aromatic carbocycles. The molecular weight excluding hydrogens is 494 g/mol. The van der Waals surface area contributed by atoms with Crippen molar-refractivity contribution in [1.82, 2.24) is 14.5 Å². The number of methoxy groups -OCH3 is 2. The smallest absolute Gasteiger partial charge is 0.243 e. The molecule has 2 saturated heterocycles. The number of rotatable bonds is 11. The Morgan fingerprint density at radius 2 is 1.68 bits per heavy atom. The highest BCUT2D eigenvalue weighted by Gasteiger charge is 2.27. The molecular formula is C27H37N3O6S. The van der Waals surface area contributed by atoms with Crippen LogP contribution in [-0.2, 0) is 14.8 Å². The van der Waals surface area contributed by atoms with E-state index in [9.17, 15) is 13.2 Å². The number of sulfonamides is 1. The summed E-state index contributed by atoms with van der Waals surface area (Å²) >= 11 is 0. The molecule has 0 aromatic heterocycles. The van der Waals surface area contributed by atoms with Gasteiger partial charge < -0.3 is 19.5 Å². The first kappa shape index (κ1) is 27.5. The van der Waals surface area contributed by atoms with Crippen LogP contribution in [0.25, 0.3) is 0 Å². The minimum atomic E-state index is -3.59. The summed E-state index contributed by atoms with van der Waals surface area (Å²) in [4.78, 5) is 15.6. The zero-order chi connectivity index (χ0) is 26.3. The molecule has 9 nitrogen and oxygen atoms in total. The van der Waals surface area contributed by atoms with Crippen LogP contribution in [0.5, 0.6) is 11.5 Å². The Morgan fingerprint density at radius 1 is 0.973 bits per heavy atom. The highest BCUT2D eigenvalue weighted by molar-refractivity contribution is 7.89. The monoisotopic (exact) mass is 531 g/mol. The second-order valence-corrected chi connectivity index (χ2v) is 11.3. The molecule has 37 heavy (non-hydrogen) atoms. The van der Waals surface area contributed by atoms with Crippen molar-refractivity contribution < 1.29 is 27.4 Å². The predicted octanol–water partition coefficient (Wildman–Crippen LogP) is 2.72. The average Bonchev–Trinajstić information content (AvgIpc) is 2.96. The van der Waals surface area contributed by atoms with Gasteiger partial charge in [-0.2, -0.15) is 4.31 Å². The van der Waals surface area contributed by atoms with Gasteiger partial charge in [-0.15, -0.1) is 0 Å². The number of carbonyl (C=O) groups is 1. The lowest BCUT2D eigenvalue weighted by Gasteiger charge is -2.35. The number of piperidine rings is 1. The van der Waals surface area contributed by atoms with E-state index in [-0.39, 0.29) is 23.3 Å². The molecule has 0 spiro atoms. The minimum absolute atomic E-state index is 0.0270. The zero-order valence-corrected chi connectivity index (χ0v) is 22.5. The van der Waals surface area contributed by atoms with Crippen LogP contribution in [0.15, 0.2) is 47.4 Å². The number of ketones is 1. The van der Waals surface area contributed by atoms with Crippen molar-refractivity contribution in [2.24, 2.45) is 0 Å². The first-order valence-electron chi connectivity index (χ1n) is 12.8. The summed E-state index contributed by atoms with van der Waals surface area (Å²) in [5, 5.41) is 3.34. The molecule has 4 rings (SSSR count). The summed E-state index contributed by atoms with van der Waals surface area (Å²) < 4.78 is 43.5. The number of Topliss-reactive ketones (excluding diaryl/α,β-unsaturated/α-hetero) is 1. The van der Waals surface area contributed by atoms with Crippen molar-refractivity contribution in [3.63, 3.8) is 0 Å². The number of hydrogen-bond donors (Lipinski definition) is 1. The van der Waals surface area contributed by atoms with Crippen LogP contribution < -0.4 is 14.8 Å². The van der Waals surface area contributed by atoms with Gasteiger partial charge in [0, 0.05) is 30.8 Å². The Morgan fingerprint density at radius 3 is 2.32 bits per heavy atom. The van der Waals surface area contributed by atoms with E-state index in [2.05, 4.69) is 10.2 Å². The van der Waals surface area contributed by atoms with Gasteiger partial charge in [-0.3, -0.25) is 9.69 Å². The van der Waals surface area contributed by atoms with E-state index in [1.807, 2.05) is 18.2 Å². The maximum atomic E-state index is 12.9. The molecule has 1 unspecified atom stereocenters. The fourth-order valence-corrected chi connectivity index (χ4v) is 6.35. The van der Waals surface area contributed by atoms with E-state index in [0.717, 1.165) is 43.0 Å². The zero-order valence-electron chi connectivity index (χ0n) is 21.6. The minimum Gasteiger partial charge on any atom is -0.497 e. The number of ether oxygens (including phenoxy) is 3. The molecule has 202 valence electrons. The lowest BCUT2D eigenvalue weighted by molar-refractivity contribution is 0.0730. The van der Waals surface area contributed by atoms with Crippen molar-refractivity contribution in [3.05, 3.63) is 53.6 Å². The van der Waals surface area contributed by atoms with Crippen LogP contribution in [0.1, 0.15) is 41.2 Å². The molecule has 2 aliphatic rings. The largest absolute Gasteiger partial charge is 0.497 e. The number of carbonyl (C=O) groups excluding carboxylic acids is 1. The lowest BCUT2D eigenvalue weighted by atomic mass is 10.00. The number of hydrogen-bond acceptors (Lipinski definition) is 8. The van der Waals surface area contributed by atoms with E-state index >= 15 is 0 Å². The van der Waals surface area contributed by atoms with Gasteiger partial charge in [0.1, 0.15) is 11.5 Å². The first-order valence-corrected chi connectivity index (χ1v) is 14.3. The van der Waals surface area contributed by atoms with Gasteiger partial charge in [-0.25, -0.2) is 8.42 Å². The predicted molar refractivity (Wildman–Crippen MR) is 141 cm³/mol. The Labute approximate surface area is 219 Å². The van der Waals surface area contributed by atoms with E-state index < -0.39 is 10.0 Å². The molecule has 1 atom stereocenters. The van der Waals surface area contributed by atoms with Crippen molar-refractivity contribution in [2.75, 3.05) is 66.7 Å². The Kier molecular flexibility index (Phi) is 9.55. The standard InChI is InChI=1S/C27H37N3O6S/c1-34-22-8-11-27(35-2)24(18-22)25(29-12-4-3-5-13-29)19-28-20-26(31)21-6-9-23(10-7-21)37(32,33)30-14-16-36-17-15-30/h6-11,18,25,28H,3-5,12-17,19-20H2,1-2H3. The molecule has 1 N–H and O–H groups in total. The summed E-state index contributed by atoms with van der Waals surface area (Å²) in [6, 6.07) is 12.0. The van der Waals surface area contributed by atoms with Crippen molar-refractivity contribution >= 4 is 15.8 Å². The SMILES string of the molecule is COc1ccc(OC)c(C(CNCC(=O)c2ccc(S(=O)(=O)N3CCOCC3)cc2)N2CCCCC2)c1. The third-order valence-corrected chi connectivity index (χ3v) is 8.95. The molecule has 10 heteroatoms. The van der Waals surface area contributed by atoms with Crippen molar-refractivity contribution in [3.8, 4) is 11.5 Å². The summed E-state index contributed by atoms with van der Waals surface area (Å²) in [5.74, 6) is 1.47. The van der Waals surface area contributed by atoms with Crippen molar-refractivity contribution in [2.45, 2.75) is 30.2 Å². The highest BCUT2D eigenvalue weighted by Crippen LogP contribution is 2.34. The number of nitrogens with one attached hydrogen (secondary N) is 1. The van der Waals surface area contributed by atoms with Gasteiger partial charge in [0.15, 0.2) is 5.78 Å². The lowest BCUT2D eigenvalue weighted by Crippen LogP contribution is -2.40. The van der Waals surface area contributed by atoms with E-state index in [0.29, 0.717) is 38.4 Å². The third-order valence-electron chi connectivity index (χ3n) is 7.03. The van der Waals surface area contributed by atoms with Crippen LogP contribution in [0, 0.1) is 0 Å². The van der Waals surface area contributed by atoms with Gasteiger partial charge >= 0.3 is 0 Å². The van der Waals surface area contributed by atoms with Crippen LogP contribution in [-0.4, -0.2) is 90.1 Å². The highest BCUT2D eigenvalue weighted by atomic mass is 32.2. The van der Waals surface area contributed by atoms with Crippen LogP contribution >= 0.6 is 0 Å². The molecule has 0 bridgehead atoms. The van der Waals surface area contributed by atoms with Gasteiger partial charge in [-0.1, -0.05) is 18.6 Å². The Bertz CT molecular complexity index is 1140. The summed E-state index contributed by atoms with van der Waals surface area (Å²) in [5.41, 5.74) is 1.50. The van der Waals surface area contributed by atoms with E-state index in [1.165, 1.54) is 22.9 Å². The Hall–Kier alpha value is -2.50. The molecule has 0 radical (unpaired) electrons. The molecule has 2 fully saturated rings. The van der Waals surface area contributed by atoms with Crippen LogP contribution in [0.3, 0.4) is 0 Å². The van der Waals surface area contributed by atoms with Crippen molar-refractivity contribution in [1.29, 1.82) is 0 Å². The fourth-order valence-electron chi connectivity index (χ4n) is 4.94. The van der Waals surface area contributed by atoms with Gasteiger partial charge in [0.05, 0.1) is 44.9 Å². The number of nitrogens with zero attached hydrogens (tertiary/aromatic N) is 2. The summed E-state index contributed by atoms with van der Waals surface area (Å²) in [6.07, 6.45) is 3.50. The molecule has 0 saturated carbocycles. The molecule has 2 aromatic rings. The second-order valence-electron chi connectivity index (χ2n) is 9.32. The maximum absolute atomic E-state index is 12.9. The maximum Gasteiger partial charge on any atom is 0.243 e. The van der Waals surface area contributed by atoms with Gasteiger partial charge in [0.25, 0.3) is 0 Å². The van der Waals surface area contributed by atoms with E-state index in [4.69, 9.17) is 14.2 Å². The molecule has 2 aliphatic heterocycles. The van der Waals surface area contributed by atoms with Gasteiger partial charge in [-0.05, 0) is 56.3 Å². The Balaban J connectivity index is 1.42. The molecule has 2 heterocycles. The first-order chi connectivity index (χ1) is 17.9. The average molecular weight is 532 g/mol.